The summed E-state index contributed by atoms with van der Waals surface area (Å²) in [6.07, 6.45) is 3.39. The Hall–Kier alpha value is -2.36. The highest BCUT2D eigenvalue weighted by Gasteiger charge is 2.47. The molecule has 3 atom stereocenters. The first-order valence-corrected chi connectivity index (χ1v) is 10.1. The number of pyridine rings is 1. The molecule has 4 heteroatoms. The highest BCUT2D eigenvalue weighted by Crippen LogP contribution is 2.49. The van der Waals surface area contributed by atoms with Crippen molar-refractivity contribution in [1.29, 1.82) is 0 Å². The molecule has 0 spiro atoms. The lowest BCUT2D eigenvalue weighted by atomic mass is 9.80. The maximum atomic E-state index is 12.6. The molecule has 1 aromatic heterocycles. The van der Waals surface area contributed by atoms with Crippen molar-refractivity contribution in [2.75, 3.05) is 10.2 Å². The fourth-order valence-electron chi connectivity index (χ4n) is 4.66. The van der Waals surface area contributed by atoms with Gasteiger partial charge in [-0.15, -0.1) is 0 Å². The Labute approximate surface area is 162 Å². The third kappa shape index (κ3) is 3.22. The predicted octanol–water partition coefficient (Wildman–Crippen LogP) is 4.89. The molecule has 4 nitrogen and oxygen atoms in total. The number of hydrogen-bond donors (Lipinski definition) is 1. The molecule has 0 bridgehead atoms. The van der Waals surface area contributed by atoms with Gasteiger partial charge in [0.1, 0.15) is 5.82 Å². The van der Waals surface area contributed by atoms with Crippen molar-refractivity contribution in [3.63, 3.8) is 0 Å². The second kappa shape index (κ2) is 6.99. The standard InChI is InChI=1S/C23H29N3O/c1-5-17-11-10-14(2)24-23(17)25-21-15(3)22(18-12-13-18)26(16(4)27)20-9-7-6-8-19(20)21/h6-11,15,18,21-22H,5,12-13H2,1-4H3,(H,24,25). The van der Waals surface area contributed by atoms with Crippen LogP contribution < -0.4 is 10.2 Å². The van der Waals surface area contributed by atoms with E-state index in [1.54, 1.807) is 6.92 Å². The zero-order valence-electron chi connectivity index (χ0n) is 16.7. The third-order valence-corrected chi connectivity index (χ3v) is 6.13. The van der Waals surface area contributed by atoms with E-state index in [9.17, 15) is 4.79 Å². The molecule has 1 aromatic carbocycles. The highest BCUT2D eigenvalue weighted by molar-refractivity contribution is 5.94. The number of benzene rings is 1. The zero-order chi connectivity index (χ0) is 19.1. The second-order valence-corrected chi connectivity index (χ2v) is 8.07. The van der Waals surface area contributed by atoms with Gasteiger partial charge in [0.15, 0.2) is 0 Å². The summed E-state index contributed by atoms with van der Waals surface area (Å²) in [7, 11) is 0. The Morgan fingerprint density at radius 1 is 1.22 bits per heavy atom. The molecule has 3 unspecified atom stereocenters. The van der Waals surface area contributed by atoms with Gasteiger partial charge in [-0.25, -0.2) is 4.98 Å². The minimum Gasteiger partial charge on any atom is -0.363 e. The van der Waals surface area contributed by atoms with Crippen molar-refractivity contribution in [1.82, 2.24) is 4.98 Å². The summed E-state index contributed by atoms with van der Waals surface area (Å²) in [5.41, 5.74) is 4.52. The molecule has 1 saturated carbocycles. The fraction of sp³-hybridized carbons (Fsp3) is 0.478. The topological polar surface area (TPSA) is 45.2 Å². The van der Waals surface area contributed by atoms with Crippen molar-refractivity contribution < 1.29 is 4.79 Å². The number of nitrogens with zero attached hydrogens (tertiary/aromatic N) is 2. The van der Waals surface area contributed by atoms with E-state index >= 15 is 0 Å². The normalized spacial score (nSPS) is 24.4. The maximum absolute atomic E-state index is 12.6. The van der Waals surface area contributed by atoms with Crippen LogP contribution >= 0.6 is 0 Å². The quantitative estimate of drug-likeness (QED) is 0.841. The molecule has 2 aliphatic rings. The average Bonchev–Trinajstić information content (AvgIpc) is 3.48. The molecule has 2 aromatic rings. The van der Waals surface area contributed by atoms with Crippen LogP contribution in [0, 0.1) is 18.8 Å². The van der Waals surface area contributed by atoms with Gasteiger partial charge in [0, 0.05) is 30.3 Å². The summed E-state index contributed by atoms with van der Waals surface area (Å²) in [5, 5.41) is 3.77. The largest absolute Gasteiger partial charge is 0.363 e. The van der Waals surface area contributed by atoms with Crippen molar-refractivity contribution >= 4 is 17.4 Å². The van der Waals surface area contributed by atoms with Crippen LogP contribution in [0.3, 0.4) is 0 Å². The molecule has 1 aliphatic carbocycles. The molecule has 4 rings (SSSR count). The molecule has 1 fully saturated rings. The third-order valence-electron chi connectivity index (χ3n) is 6.13. The number of anilines is 2. The Morgan fingerprint density at radius 3 is 2.63 bits per heavy atom. The van der Waals surface area contributed by atoms with E-state index in [-0.39, 0.29) is 18.0 Å². The lowest BCUT2D eigenvalue weighted by molar-refractivity contribution is -0.117. The van der Waals surface area contributed by atoms with Crippen LogP contribution in [0.15, 0.2) is 36.4 Å². The summed E-state index contributed by atoms with van der Waals surface area (Å²) >= 11 is 0. The molecule has 1 N–H and O–H groups in total. The van der Waals surface area contributed by atoms with Crippen molar-refractivity contribution in [2.45, 2.75) is 59.0 Å². The molecule has 1 amide bonds. The van der Waals surface area contributed by atoms with Gasteiger partial charge in [0.2, 0.25) is 5.91 Å². The van der Waals surface area contributed by atoms with Gasteiger partial charge in [-0.05, 0) is 55.4 Å². The van der Waals surface area contributed by atoms with Crippen molar-refractivity contribution in [2.24, 2.45) is 11.8 Å². The van der Waals surface area contributed by atoms with Gasteiger partial charge in [-0.3, -0.25) is 4.79 Å². The van der Waals surface area contributed by atoms with E-state index in [0.29, 0.717) is 11.8 Å². The Bertz CT molecular complexity index is 858. The first-order valence-electron chi connectivity index (χ1n) is 10.1. The van der Waals surface area contributed by atoms with Crippen LogP contribution in [-0.4, -0.2) is 16.9 Å². The van der Waals surface area contributed by atoms with Crippen LogP contribution in [0.2, 0.25) is 0 Å². The monoisotopic (exact) mass is 363 g/mol. The van der Waals surface area contributed by atoms with Gasteiger partial charge in [0.25, 0.3) is 0 Å². The summed E-state index contributed by atoms with van der Waals surface area (Å²) in [6.45, 7) is 8.19. The van der Waals surface area contributed by atoms with E-state index in [0.717, 1.165) is 23.6 Å². The van der Waals surface area contributed by atoms with E-state index < -0.39 is 0 Å². The Kier molecular flexibility index (Phi) is 4.67. The fourth-order valence-corrected chi connectivity index (χ4v) is 4.66. The molecule has 142 valence electrons. The molecular formula is C23H29N3O. The van der Waals surface area contributed by atoms with Gasteiger partial charge in [0.05, 0.1) is 6.04 Å². The number of rotatable bonds is 4. The number of aromatic nitrogens is 1. The molecule has 1 aliphatic heterocycles. The SMILES string of the molecule is CCc1ccc(C)nc1NC1c2ccccc2N(C(C)=O)C(C2CC2)C1C. The number of aryl methyl sites for hydroxylation is 2. The summed E-state index contributed by atoms with van der Waals surface area (Å²) in [6, 6.07) is 13.0. The molecule has 0 saturated heterocycles. The molecule has 0 radical (unpaired) electrons. The van der Waals surface area contributed by atoms with Crippen molar-refractivity contribution in [3.05, 3.63) is 53.2 Å². The van der Waals surface area contributed by atoms with Crippen LogP contribution in [-0.2, 0) is 11.2 Å². The zero-order valence-corrected chi connectivity index (χ0v) is 16.7. The van der Waals surface area contributed by atoms with Gasteiger partial charge < -0.3 is 10.2 Å². The average molecular weight is 364 g/mol. The minimum absolute atomic E-state index is 0.146. The van der Waals surface area contributed by atoms with E-state index in [2.05, 4.69) is 54.4 Å². The van der Waals surface area contributed by atoms with Crippen LogP contribution in [0.5, 0.6) is 0 Å². The number of para-hydroxylation sites is 1. The first kappa shape index (κ1) is 18.0. The number of carbonyl (C=O) groups is 1. The number of fused-ring (bicyclic) bond motifs is 1. The summed E-state index contributed by atoms with van der Waals surface area (Å²) in [4.78, 5) is 19.4. The van der Waals surface area contributed by atoms with Gasteiger partial charge >= 0.3 is 0 Å². The Morgan fingerprint density at radius 2 is 1.96 bits per heavy atom. The molecule has 2 heterocycles. The Balaban J connectivity index is 1.79. The number of hydrogen-bond acceptors (Lipinski definition) is 3. The summed E-state index contributed by atoms with van der Waals surface area (Å²) in [5.74, 6) is 2.06. The lowest BCUT2D eigenvalue weighted by Gasteiger charge is -2.46. The van der Waals surface area contributed by atoms with Gasteiger partial charge in [-0.1, -0.05) is 38.1 Å². The van der Waals surface area contributed by atoms with Crippen molar-refractivity contribution in [3.8, 4) is 0 Å². The molecule has 27 heavy (non-hydrogen) atoms. The summed E-state index contributed by atoms with van der Waals surface area (Å²) < 4.78 is 0. The number of amides is 1. The first-order chi connectivity index (χ1) is 13.0. The molecular weight excluding hydrogens is 334 g/mol. The van der Waals surface area contributed by atoms with Crippen LogP contribution in [0.4, 0.5) is 11.5 Å². The van der Waals surface area contributed by atoms with E-state index in [4.69, 9.17) is 4.98 Å². The highest BCUT2D eigenvalue weighted by atomic mass is 16.2. The van der Waals surface area contributed by atoms with Gasteiger partial charge in [-0.2, -0.15) is 0 Å². The van der Waals surface area contributed by atoms with Crippen LogP contribution in [0.25, 0.3) is 0 Å². The second-order valence-electron chi connectivity index (χ2n) is 8.07. The van der Waals surface area contributed by atoms with Crippen LogP contribution in [0.1, 0.15) is 56.5 Å². The smallest absolute Gasteiger partial charge is 0.224 e. The number of carbonyl (C=O) groups excluding carboxylic acids is 1. The minimum atomic E-state index is 0.146. The van der Waals surface area contributed by atoms with E-state index in [1.165, 1.54) is 24.0 Å². The van der Waals surface area contributed by atoms with E-state index in [1.807, 2.05) is 13.0 Å². The number of nitrogens with one attached hydrogen (secondary N) is 1. The maximum Gasteiger partial charge on any atom is 0.224 e. The lowest BCUT2D eigenvalue weighted by Crippen LogP contribution is -2.51. The predicted molar refractivity (Wildman–Crippen MR) is 110 cm³/mol.